The molecule has 27 heavy (non-hydrogen) atoms. The summed E-state index contributed by atoms with van der Waals surface area (Å²) >= 11 is 0. The molecule has 10 heteroatoms. The maximum absolute atomic E-state index is 13.4. The molecule has 2 aromatic rings. The fourth-order valence-electron chi connectivity index (χ4n) is 3.19. The molecule has 0 aliphatic carbocycles. The van der Waals surface area contributed by atoms with Gasteiger partial charge in [0.25, 0.3) is 0 Å². The average Bonchev–Trinajstić information content (AvgIpc) is 3.21. The normalized spacial score (nSPS) is 20.8. The van der Waals surface area contributed by atoms with E-state index in [-0.39, 0.29) is 30.4 Å². The minimum atomic E-state index is -4.69. The molecule has 2 heterocycles. The Morgan fingerprint density at radius 3 is 2.52 bits per heavy atom. The van der Waals surface area contributed by atoms with Gasteiger partial charge < -0.3 is 10.6 Å². The maximum Gasteiger partial charge on any atom is 0.412 e. The Labute approximate surface area is 159 Å². The van der Waals surface area contributed by atoms with Gasteiger partial charge >= 0.3 is 6.18 Å². The standard InChI is InChI=1S/C17H18F4N4O.ClH/c1-25-9-11(6-23-25)13-7-22-8-14(13)16(26)24-15(17(19,20)21)10-2-4-12(18)5-3-10;/h2-6,9,13-15,22H,7-8H2,1H3,(H,24,26);1H/t13-,14+,15?;/m1./s1. The second-order valence-electron chi connectivity index (χ2n) is 6.35. The topological polar surface area (TPSA) is 59.0 Å². The minimum Gasteiger partial charge on any atom is -0.341 e. The Hall–Kier alpha value is -2.13. The van der Waals surface area contributed by atoms with Gasteiger partial charge in [0, 0.05) is 32.3 Å². The quantitative estimate of drug-likeness (QED) is 0.768. The van der Waals surface area contributed by atoms with Crippen LogP contribution in [-0.4, -0.2) is 35.0 Å². The average molecular weight is 407 g/mol. The molecule has 5 nitrogen and oxygen atoms in total. The van der Waals surface area contributed by atoms with Crippen molar-refractivity contribution in [3.8, 4) is 0 Å². The summed E-state index contributed by atoms with van der Waals surface area (Å²) in [7, 11) is 1.73. The van der Waals surface area contributed by atoms with E-state index in [1.54, 1.807) is 24.1 Å². The molecule has 3 rings (SSSR count). The molecule has 2 N–H and O–H groups in total. The van der Waals surface area contributed by atoms with Crippen LogP contribution in [0.2, 0.25) is 0 Å². The van der Waals surface area contributed by atoms with E-state index in [0.717, 1.165) is 29.8 Å². The van der Waals surface area contributed by atoms with E-state index in [4.69, 9.17) is 0 Å². The summed E-state index contributed by atoms with van der Waals surface area (Å²) in [5, 5.41) is 9.18. The van der Waals surface area contributed by atoms with Crippen molar-refractivity contribution in [1.29, 1.82) is 0 Å². The number of hydrogen-bond donors (Lipinski definition) is 2. The van der Waals surface area contributed by atoms with Gasteiger partial charge in [-0.15, -0.1) is 12.4 Å². The molecular weight excluding hydrogens is 388 g/mol. The zero-order chi connectivity index (χ0) is 18.9. The van der Waals surface area contributed by atoms with Crippen LogP contribution in [0.3, 0.4) is 0 Å². The molecule has 1 aromatic carbocycles. The SMILES string of the molecule is Cl.Cn1cc([C@H]2CNC[C@@H]2C(=O)NC(c2ccc(F)cc2)C(F)(F)F)cn1. The Kier molecular flexibility index (Phi) is 6.48. The number of carbonyl (C=O) groups is 1. The number of amides is 1. The third kappa shape index (κ3) is 4.78. The van der Waals surface area contributed by atoms with Gasteiger partial charge in [-0.3, -0.25) is 9.48 Å². The van der Waals surface area contributed by atoms with Crippen LogP contribution >= 0.6 is 12.4 Å². The number of benzene rings is 1. The number of rotatable bonds is 4. The van der Waals surface area contributed by atoms with E-state index in [2.05, 4.69) is 15.7 Å². The monoisotopic (exact) mass is 406 g/mol. The highest BCUT2D eigenvalue weighted by Crippen LogP contribution is 2.34. The fourth-order valence-corrected chi connectivity index (χ4v) is 3.19. The van der Waals surface area contributed by atoms with Crippen molar-refractivity contribution < 1.29 is 22.4 Å². The van der Waals surface area contributed by atoms with Crippen LogP contribution in [0.4, 0.5) is 17.6 Å². The van der Waals surface area contributed by atoms with Gasteiger partial charge in [-0.1, -0.05) is 12.1 Å². The highest BCUT2D eigenvalue weighted by atomic mass is 35.5. The van der Waals surface area contributed by atoms with Crippen LogP contribution in [-0.2, 0) is 11.8 Å². The molecule has 1 fully saturated rings. The van der Waals surface area contributed by atoms with Crippen LogP contribution in [0.25, 0.3) is 0 Å². The summed E-state index contributed by atoms with van der Waals surface area (Å²) in [5.74, 6) is -2.25. The largest absolute Gasteiger partial charge is 0.412 e. The first kappa shape index (κ1) is 21.2. The Morgan fingerprint density at radius 2 is 1.96 bits per heavy atom. The summed E-state index contributed by atoms with van der Waals surface area (Å²) < 4.78 is 54.9. The number of hydrogen-bond acceptors (Lipinski definition) is 3. The van der Waals surface area contributed by atoms with Crippen LogP contribution in [0.15, 0.2) is 36.7 Å². The highest BCUT2D eigenvalue weighted by molar-refractivity contribution is 5.85. The lowest BCUT2D eigenvalue weighted by atomic mass is 9.90. The predicted molar refractivity (Wildman–Crippen MR) is 92.9 cm³/mol. The molecule has 1 aliphatic rings. The number of nitrogens with one attached hydrogen (secondary N) is 2. The van der Waals surface area contributed by atoms with E-state index in [0.29, 0.717) is 6.54 Å². The molecule has 0 radical (unpaired) electrons. The lowest BCUT2D eigenvalue weighted by molar-refractivity contribution is -0.164. The van der Waals surface area contributed by atoms with Crippen molar-refractivity contribution in [3.63, 3.8) is 0 Å². The first-order valence-corrected chi connectivity index (χ1v) is 8.07. The van der Waals surface area contributed by atoms with Crippen molar-refractivity contribution >= 4 is 18.3 Å². The van der Waals surface area contributed by atoms with Gasteiger partial charge in [0.05, 0.1) is 12.1 Å². The van der Waals surface area contributed by atoms with Crippen molar-refractivity contribution in [3.05, 3.63) is 53.6 Å². The first-order valence-electron chi connectivity index (χ1n) is 8.07. The molecule has 1 aliphatic heterocycles. The van der Waals surface area contributed by atoms with E-state index in [1.165, 1.54) is 0 Å². The van der Waals surface area contributed by atoms with Crippen molar-refractivity contribution in [2.75, 3.05) is 13.1 Å². The third-order valence-corrected chi connectivity index (χ3v) is 4.52. The van der Waals surface area contributed by atoms with Gasteiger partial charge in [0.15, 0.2) is 6.04 Å². The second kappa shape index (κ2) is 8.26. The molecule has 1 unspecified atom stereocenters. The zero-order valence-electron chi connectivity index (χ0n) is 14.3. The second-order valence-corrected chi connectivity index (χ2v) is 6.35. The van der Waals surface area contributed by atoms with Gasteiger partial charge in [0.2, 0.25) is 5.91 Å². The fraction of sp³-hybridized carbons (Fsp3) is 0.412. The highest BCUT2D eigenvalue weighted by Gasteiger charge is 2.44. The van der Waals surface area contributed by atoms with Crippen molar-refractivity contribution in [2.24, 2.45) is 13.0 Å². The zero-order valence-corrected chi connectivity index (χ0v) is 15.1. The summed E-state index contributed by atoms with van der Waals surface area (Å²) in [6.45, 7) is 0.760. The van der Waals surface area contributed by atoms with E-state index >= 15 is 0 Å². The summed E-state index contributed by atoms with van der Waals surface area (Å²) in [4.78, 5) is 12.6. The summed E-state index contributed by atoms with van der Waals surface area (Å²) in [6.07, 6.45) is -1.33. The predicted octanol–water partition coefficient (Wildman–Crippen LogP) is 2.70. The molecular formula is C17H19ClF4N4O. The number of carbonyl (C=O) groups excluding carboxylic acids is 1. The van der Waals surface area contributed by atoms with Crippen LogP contribution in [0.5, 0.6) is 0 Å². The van der Waals surface area contributed by atoms with Gasteiger partial charge in [-0.2, -0.15) is 18.3 Å². The van der Waals surface area contributed by atoms with Crippen LogP contribution in [0, 0.1) is 11.7 Å². The van der Waals surface area contributed by atoms with Gasteiger partial charge in [-0.25, -0.2) is 4.39 Å². The molecule has 3 atom stereocenters. The molecule has 0 spiro atoms. The number of halogens is 5. The van der Waals surface area contributed by atoms with Gasteiger partial charge in [0.1, 0.15) is 5.82 Å². The van der Waals surface area contributed by atoms with Crippen molar-refractivity contribution in [1.82, 2.24) is 20.4 Å². The number of alkyl halides is 3. The molecule has 148 valence electrons. The molecule has 0 saturated carbocycles. The molecule has 1 aromatic heterocycles. The molecule has 0 bridgehead atoms. The number of nitrogens with zero attached hydrogens (tertiary/aromatic N) is 2. The lowest BCUT2D eigenvalue weighted by Crippen LogP contribution is -2.42. The maximum atomic E-state index is 13.4. The summed E-state index contributed by atoms with van der Waals surface area (Å²) in [5.41, 5.74) is 0.583. The van der Waals surface area contributed by atoms with E-state index in [1.807, 2.05) is 0 Å². The third-order valence-electron chi connectivity index (χ3n) is 4.52. The van der Waals surface area contributed by atoms with Crippen LogP contribution in [0.1, 0.15) is 23.1 Å². The van der Waals surface area contributed by atoms with Crippen LogP contribution < -0.4 is 10.6 Å². The van der Waals surface area contributed by atoms with E-state index < -0.39 is 29.9 Å². The summed E-state index contributed by atoms with van der Waals surface area (Å²) in [6, 6.07) is 1.75. The Bertz CT molecular complexity index is 778. The van der Waals surface area contributed by atoms with E-state index in [9.17, 15) is 22.4 Å². The number of aryl methyl sites for hydroxylation is 1. The first-order chi connectivity index (χ1) is 12.3. The molecule has 1 saturated heterocycles. The lowest BCUT2D eigenvalue weighted by Gasteiger charge is -2.25. The minimum absolute atomic E-state index is 0. The molecule has 1 amide bonds. The number of aromatic nitrogens is 2. The van der Waals surface area contributed by atoms with Crippen molar-refractivity contribution in [2.45, 2.75) is 18.1 Å². The Balaban J connectivity index is 0.00000261. The Morgan fingerprint density at radius 1 is 1.30 bits per heavy atom. The smallest absolute Gasteiger partial charge is 0.341 e. The van der Waals surface area contributed by atoms with Gasteiger partial charge in [-0.05, 0) is 23.3 Å².